The second-order valence-corrected chi connectivity index (χ2v) is 8.93. The van der Waals surface area contributed by atoms with Crippen molar-refractivity contribution >= 4 is 16.9 Å². The van der Waals surface area contributed by atoms with Gasteiger partial charge in [-0.2, -0.15) is 5.26 Å². The number of aromatic amines is 2. The summed E-state index contributed by atoms with van der Waals surface area (Å²) in [6.07, 6.45) is 3.36. The lowest BCUT2D eigenvalue weighted by Gasteiger charge is -2.32. The second kappa shape index (κ2) is 8.64. The highest BCUT2D eigenvalue weighted by Crippen LogP contribution is 2.31. The molecule has 0 saturated carbocycles. The number of pyridine rings is 1. The van der Waals surface area contributed by atoms with Crippen molar-refractivity contribution in [1.29, 1.82) is 5.26 Å². The fraction of sp³-hybridized carbons (Fsp3) is 0.259. The monoisotopic (exact) mass is 451 g/mol. The Balaban J connectivity index is 1.38. The van der Waals surface area contributed by atoms with Gasteiger partial charge in [-0.25, -0.2) is 4.98 Å². The van der Waals surface area contributed by atoms with Crippen LogP contribution >= 0.6 is 0 Å². The molecule has 34 heavy (non-hydrogen) atoms. The van der Waals surface area contributed by atoms with Crippen molar-refractivity contribution in [2.24, 2.45) is 0 Å². The van der Waals surface area contributed by atoms with Gasteiger partial charge in [0.1, 0.15) is 11.3 Å². The van der Waals surface area contributed by atoms with Crippen molar-refractivity contribution in [3.63, 3.8) is 0 Å². The number of aryl methyl sites for hydroxylation is 2. The van der Waals surface area contributed by atoms with Crippen molar-refractivity contribution in [3.05, 3.63) is 86.8 Å². The Labute approximate surface area is 197 Å². The lowest BCUT2D eigenvalue weighted by Crippen LogP contribution is -2.38. The molecule has 7 nitrogen and oxygen atoms in total. The number of fused-ring (bicyclic) bond motifs is 1. The average molecular weight is 452 g/mol. The van der Waals surface area contributed by atoms with E-state index in [0.29, 0.717) is 47.0 Å². The Kier molecular flexibility index (Phi) is 5.50. The molecule has 7 heteroatoms. The van der Waals surface area contributed by atoms with Gasteiger partial charge < -0.3 is 14.9 Å². The average Bonchev–Trinajstić information content (AvgIpc) is 3.29. The van der Waals surface area contributed by atoms with E-state index in [-0.39, 0.29) is 11.5 Å². The molecule has 1 amide bonds. The summed E-state index contributed by atoms with van der Waals surface area (Å²) >= 11 is 0. The van der Waals surface area contributed by atoms with E-state index in [1.807, 2.05) is 55.1 Å². The number of benzene rings is 2. The van der Waals surface area contributed by atoms with Gasteiger partial charge in [-0.1, -0.05) is 18.2 Å². The summed E-state index contributed by atoms with van der Waals surface area (Å²) in [5, 5.41) is 9.01. The molecule has 2 aromatic heterocycles. The first-order chi connectivity index (χ1) is 16.4. The fourth-order valence-corrected chi connectivity index (χ4v) is 4.83. The van der Waals surface area contributed by atoms with Gasteiger partial charge in [-0.3, -0.25) is 9.59 Å². The van der Waals surface area contributed by atoms with E-state index in [0.717, 1.165) is 29.5 Å². The number of amides is 1. The zero-order valence-corrected chi connectivity index (χ0v) is 19.2. The van der Waals surface area contributed by atoms with Gasteiger partial charge in [0.15, 0.2) is 0 Å². The number of hydrogen-bond acceptors (Lipinski definition) is 4. The largest absolute Gasteiger partial charge is 0.339 e. The lowest BCUT2D eigenvalue weighted by atomic mass is 9.88. The Hall–Kier alpha value is -4.18. The predicted octanol–water partition coefficient (Wildman–Crippen LogP) is 4.43. The van der Waals surface area contributed by atoms with Crippen LogP contribution in [-0.2, 0) is 0 Å². The van der Waals surface area contributed by atoms with E-state index in [9.17, 15) is 9.59 Å². The number of piperidine rings is 1. The van der Waals surface area contributed by atoms with E-state index in [1.54, 1.807) is 12.3 Å². The standard InChI is InChI=1S/C27H25N5O2/c1-16-13-17(2)22(14-21(16)25-30-23-7-10-29-26(33)24(23)31-25)27(34)32-11-8-20(9-12-32)19-5-3-18(15-28)4-6-19/h3-7,10,13-14,20H,8-9,11-12H2,1-2H3,(H,29,33)(H,30,31). The van der Waals surface area contributed by atoms with Crippen molar-refractivity contribution < 1.29 is 4.79 Å². The smallest absolute Gasteiger partial charge is 0.273 e. The summed E-state index contributed by atoms with van der Waals surface area (Å²) in [4.78, 5) is 37.9. The molecule has 2 N–H and O–H groups in total. The third kappa shape index (κ3) is 3.88. The Bertz CT molecular complexity index is 1480. The van der Waals surface area contributed by atoms with Gasteiger partial charge in [0.05, 0.1) is 17.1 Å². The predicted molar refractivity (Wildman–Crippen MR) is 131 cm³/mol. The van der Waals surface area contributed by atoms with Gasteiger partial charge in [-0.15, -0.1) is 0 Å². The highest BCUT2D eigenvalue weighted by molar-refractivity contribution is 5.97. The number of nitrogens with one attached hydrogen (secondary N) is 2. The number of likely N-dealkylation sites (tertiary alicyclic amines) is 1. The molecule has 0 aliphatic carbocycles. The zero-order valence-electron chi connectivity index (χ0n) is 19.2. The number of carbonyl (C=O) groups is 1. The lowest BCUT2D eigenvalue weighted by molar-refractivity contribution is 0.0712. The SMILES string of the molecule is Cc1cc(C)c(-c2nc3cc[nH]c(=O)c3[nH]2)cc1C(=O)N1CCC(c2ccc(C#N)cc2)CC1. The number of rotatable bonds is 3. The van der Waals surface area contributed by atoms with E-state index in [4.69, 9.17) is 5.26 Å². The summed E-state index contributed by atoms with van der Waals surface area (Å²) in [6.45, 7) is 5.31. The summed E-state index contributed by atoms with van der Waals surface area (Å²) in [7, 11) is 0. The van der Waals surface area contributed by atoms with Crippen molar-refractivity contribution in [3.8, 4) is 17.5 Å². The highest BCUT2D eigenvalue weighted by atomic mass is 16.2. The number of imidazole rings is 1. The molecule has 1 aliphatic heterocycles. The van der Waals surface area contributed by atoms with Crippen LogP contribution in [0.3, 0.4) is 0 Å². The van der Waals surface area contributed by atoms with E-state index >= 15 is 0 Å². The molecule has 0 unspecified atom stereocenters. The molecule has 0 atom stereocenters. The molecule has 1 fully saturated rings. The molecule has 5 rings (SSSR count). The second-order valence-electron chi connectivity index (χ2n) is 8.93. The number of aromatic nitrogens is 3. The first kappa shape index (κ1) is 21.7. The molecular weight excluding hydrogens is 426 g/mol. The maximum absolute atomic E-state index is 13.5. The molecule has 0 bridgehead atoms. The van der Waals surface area contributed by atoms with Crippen LogP contribution in [-0.4, -0.2) is 38.8 Å². The van der Waals surface area contributed by atoms with Crippen LogP contribution in [0.25, 0.3) is 22.4 Å². The molecular formula is C27H25N5O2. The minimum atomic E-state index is -0.220. The zero-order chi connectivity index (χ0) is 23.8. The molecule has 4 aromatic rings. The quantitative estimate of drug-likeness (QED) is 0.481. The van der Waals surface area contributed by atoms with Crippen LogP contribution < -0.4 is 5.56 Å². The number of nitrogens with zero attached hydrogens (tertiary/aromatic N) is 3. The molecule has 0 spiro atoms. The van der Waals surface area contributed by atoms with Crippen molar-refractivity contribution in [2.45, 2.75) is 32.6 Å². The third-order valence-corrected chi connectivity index (χ3v) is 6.76. The van der Waals surface area contributed by atoms with Crippen LogP contribution in [0, 0.1) is 25.2 Å². The van der Waals surface area contributed by atoms with E-state index in [2.05, 4.69) is 21.0 Å². The molecule has 170 valence electrons. The molecule has 1 saturated heterocycles. The fourth-order valence-electron chi connectivity index (χ4n) is 4.83. The molecule has 3 heterocycles. The van der Waals surface area contributed by atoms with Gasteiger partial charge in [0.25, 0.3) is 11.5 Å². The Morgan fingerprint density at radius 3 is 2.50 bits per heavy atom. The number of nitriles is 1. The first-order valence-electron chi connectivity index (χ1n) is 11.4. The number of carbonyl (C=O) groups excluding carboxylic acids is 1. The summed E-state index contributed by atoms with van der Waals surface area (Å²) in [5.41, 5.74) is 6.08. The minimum absolute atomic E-state index is 0.0194. The maximum Gasteiger partial charge on any atom is 0.273 e. The van der Waals surface area contributed by atoms with Crippen molar-refractivity contribution in [2.75, 3.05) is 13.1 Å². The van der Waals surface area contributed by atoms with Gasteiger partial charge >= 0.3 is 0 Å². The van der Waals surface area contributed by atoms with Crippen LogP contribution in [0.2, 0.25) is 0 Å². The van der Waals surface area contributed by atoms with E-state index < -0.39 is 0 Å². The Morgan fingerprint density at radius 1 is 1.09 bits per heavy atom. The van der Waals surface area contributed by atoms with Crippen LogP contribution in [0.4, 0.5) is 0 Å². The summed E-state index contributed by atoms with van der Waals surface area (Å²) < 4.78 is 0. The maximum atomic E-state index is 13.5. The van der Waals surface area contributed by atoms with E-state index in [1.165, 1.54) is 5.56 Å². The van der Waals surface area contributed by atoms with Crippen LogP contribution in [0.1, 0.15) is 51.4 Å². The molecule has 0 radical (unpaired) electrons. The van der Waals surface area contributed by atoms with Gasteiger partial charge in [-0.05, 0) is 73.6 Å². The van der Waals surface area contributed by atoms with Crippen LogP contribution in [0.5, 0.6) is 0 Å². The first-order valence-corrected chi connectivity index (χ1v) is 11.4. The highest BCUT2D eigenvalue weighted by Gasteiger charge is 2.26. The normalized spacial score (nSPS) is 14.3. The van der Waals surface area contributed by atoms with Gasteiger partial charge in [0, 0.05) is 30.4 Å². The van der Waals surface area contributed by atoms with Crippen LogP contribution in [0.15, 0.2) is 53.5 Å². The summed E-state index contributed by atoms with van der Waals surface area (Å²) in [6, 6.07) is 15.6. The number of hydrogen-bond donors (Lipinski definition) is 2. The summed E-state index contributed by atoms with van der Waals surface area (Å²) in [5.74, 6) is 0.990. The Morgan fingerprint density at radius 2 is 1.82 bits per heavy atom. The molecule has 1 aliphatic rings. The third-order valence-electron chi connectivity index (χ3n) is 6.76. The van der Waals surface area contributed by atoms with Crippen molar-refractivity contribution in [1.82, 2.24) is 19.9 Å². The molecule has 2 aromatic carbocycles. The van der Waals surface area contributed by atoms with Gasteiger partial charge in [0.2, 0.25) is 0 Å². The minimum Gasteiger partial charge on any atom is -0.339 e. The topological polar surface area (TPSA) is 106 Å². The number of H-pyrrole nitrogens is 2.